The average Bonchev–Trinajstić information content (AvgIpc) is 2.62. The Morgan fingerprint density at radius 1 is 0.708 bits per heavy atom. The summed E-state index contributed by atoms with van der Waals surface area (Å²) < 4.78 is 0. The molecular weight excluding hydrogens is 298 g/mol. The fourth-order valence-electron chi connectivity index (χ4n) is 2.86. The number of hydrogen-bond donors (Lipinski definition) is 3. The van der Waals surface area contributed by atoms with Gasteiger partial charge in [-0.25, -0.2) is 0 Å². The van der Waals surface area contributed by atoms with Crippen LogP contribution in [-0.2, 0) is 5.41 Å². The monoisotopic (exact) mass is 319 g/mol. The molecule has 0 aliphatic carbocycles. The van der Waals surface area contributed by atoms with Crippen LogP contribution in [0.25, 0.3) is 0 Å². The van der Waals surface area contributed by atoms with Gasteiger partial charge in [-0.15, -0.1) is 0 Å². The highest BCUT2D eigenvalue weighted by Gasteiger charge is 2.29. The number of benzene rings is 3. The standard InChI is InChI=1S/C21H21NO2/c1-21(16-7-11-19(23)12-8-16,17-9-13-20(24)14-10-17)15-22-18-5-3-2-4-6-18/h2-14,22-24H,15H2,1H3. The summed E-state index contributed by atoms with van der Waals surface area (Å²) in [4.78, 5) is 0. The normalized spacial score (nSPS) is 11.2. The Kier molecular flexibility index (Phi) is 4.43. The molecule has 0 saturated heterocycles. The van der Waals surface area contributed by atoms with E-state index in [0.717, 1.165) is 16.8 Å². The van der Waals surface area contributed by atoms with Crippen LogP contribution in [0.3, 0.4) is 0 Å². The largest absolute Gasteiger partial charge is 0.508 e. The molecular formula is C21H21NO2. The number of rotatable bonds is 5. The lowest BCUT2D eigenvalue weighted by Gasteiger charge is -2.32. The van der Waals surface area contributed by atoms with Gasteiger partial charge in [0.25, 0.3) is 0 Å². The van der Waals surface area contributed by atoms with E-state index in [1.54, 1.807) is 24.3 Å². The molecule has 122 valence electrons. The third kappa shape index (κ3) is 3.35. The van der Waals surface area contributed by atoms with Gasteiger partial charge in [-0.2, -0.15) is 0 Å². The van der Waals surface area contributed by atoms with E-state index in [9.17, 15) is 10.2 Å². The molecule has 3 aromatic carbocycles. The Bertz CT molecular complexity index is 735. The molecule has 0 aromatic heterocycles. The topological polar surface area (TPSA) is 52.5 Å². The Hall–Kier alpha value is -2.94. The lowest BCUT2D eigenvalue weighted by molar-refractivity contribution is 0.473. The minimum atomic E-state index is -0.308. The smallest absolute Gasteiger partial charge is 0.115 e. The molecule has 0 heterocycles. The van der Waals surface area contributed by atoms with Crippen molar-refractivity contribution >= 4 is 5.69 Å². The fraction of sp³-hybridized carbons (Fsp3) is 0.143. The molecule has 24 heavy (non-hydrogen) atoms. The molecule has 0 bridgehead atoms. The first-order valence-corrected chi connectivity index (χ1v) is 7.96. The van der Waals surface area contributed by atoms with Gasteiger partial charge in [-0.3, -0.25) is 0 Å². The van der Waals surface area contributed by atoms with Crippen LogP contribution in [0.4, 0.5) is 5.69 Å². The summed E-state index contributed by atoms with van der Waals surface area (Å²) >= 11 is 0. The zero-order valence-corrected chi connectivity index (χ0v) is 13.6. The highest BCUT2D eigenvalue weighted by Crippen LogP contribution is 2.34. The van der Waals surface area contributed by atoms with Crippen LogP contribution in [0, 0.1) is 0 Å². The predicted octanol–water partition coefficient (Wildman–Crippen LogP) is 4.52. The van der Waals surface area contributed by atoms with Crippen molar-refractivity contribution in [3.8, 4) is 11.5 Å². The molecule has 0 saturated carbocycles. The van der Waals surface area contributed by atoms with Crippen LogP contribution in [0.15, 0.2) is 78.9 Å². The molecule has 3 nitrogen and oxygen atoms in total. The molecule has 0 atom stereocenters. The second-order valence-corrected chi connectivity index (χ2v) is 6.15. The zero-order valence-electron chi connectivity index (χ0n) is 13.6. The van der Waals surface area contributed by atoms with Gasteiger partial charge in [-0.1, -0.05) is 42.5 Å². The SMILES string of the molecule is CC(CNc1ccccc1)(c1ccc(O)cc1)c1ccc(O)cc1. The Balaban J connectivity index is 1.96. The summed E-state index contributed by atoms with van der Waals surface area (Å²) in [7, 11) is 0. The van der Waals surface area contributed by atoms with Crippen molar-refractivity contribution in [1.82, 2.24) is 0 Å². The van der Waals surface area contributed by atoms with E-state index in [2.05, 4.69) is 12.2 Å². The molecule has 3 rings (SSSR count). The minimum Gasteiger partial charge on any atom is -0.508 e. The van der Waals surface area contributed by atoms with Gasteiger partial charge in [0.1, 0.15) is 11.5 Å². The average molecular weight is 319 g/mol. The number of hydrogen-bond acceptors (Lipinski definition) is 3. The van der Waals surface area contributed by atoms with Gasteiger partial charge in [0, 0.05) is 17.6 Å². The maximum atomic E-state index is 9.59. The van der Waals surface area contributed by atoms with E-state index in [1.165, 1.54) is 0 Å². The van der Waals surface area contributed by atoms with Gasteiger partial charge in [0.15, 0.2) is 0 Å². The van der Waals surface area contributed by atoms with Gasteiger partial charge in [0.05, 0.1) is 0 Å². The van der Waals surface area contributed by atoms with Crippen LogP contribution >= 0.6 is 0 Å². The first-order valence-electron chi connectivity index (χ1n) is 7.96. The summed E-state index contributed by atoms with van der Waals surface area (Å²) in [5.74, 6) is 0.505. The molecule has 3 heteroatoms. The number of para-hydroxylation sites is 1. The van der Waals surface area contributed by atoms with Gasteiger partial charge in [-0.05, 0) is 54.4 Å². The van der Waals surface area contributed by atoms with Crippen molar-refractivity contribution < 1.29 is 10.2 Å². The van der Waals surface area contributed by atoms with Crippen molar-refractivity contribution in [1.29, 1.82) is 0 Å². The number of nitrogens with one attached hydrogen (secondary N) is 1. The lowest BCUT2D eigenvalue weighted by Crippen LogP contribution is -2.32. The quantitative estimate of drug-likeness (QED) is 0.648. The van der Waals surface area contributed by atoms with E-state index >= 15 is 0 Å². The molecule has 0 amide bonds. The first-order chi connectivity index (χ1) is 11.6. The predicted molar refractivity (Wildman–Crippen MR) is 97.6 cm³/mol. The number of phenols is 2. The molecule has 0 fully saturated rings. The highest BCUT2D eigenvalue weighted by atomic mass is 16.3. The van der Waals surface area contributed by atoms with E-state index in [-0.39, 0.29) is 16.9 Å². The molecule has 3 aromatic rings. The van der Waals surface area contributed by atoms with Crippen LogP contribution < -0.4 is 5.32 Å². The Labute approximate surface area is 142 Å². The maximum absolute atomic E-state index is 9.59. The van der Waals surface area contributed by atoms with Crippen LogP contribution in [0.2, 0.25) is 0 Å². The van der Waals surface area contributed by atoms with Crippen LogP contribution in [0.1, 0.15) is 18.1 Å². The Morgan fingerprint density at radius 3 is 1.62 bits per heavy atom. The molecule has 0 spiro atoms. The number of phenolic OH excluding ortho intramolecular Hbond substituents is 2. The molecule has 0 radical (unpaired) electrons. The van der Waals surface area contributed by atoms with E-state index < -0.39 is 0 Å². The van der Waals surface area contributed by atoms with E-state index in [0.29, 0.717) is 6.54 Å². The van der Waals surface area contributed by atoms with Gasteiger partial charge in [0.2, 0.25) is 0 Å². The minimum absolute atomic E-state index is 0.253. The van der Waals surface area contributed by atoms with Crippen molar-refractivity contribution in [2.45, 2.75) is 12.3 Å². The first kappa shape index (κ1) is 15.9. The highest BCUT2D eigenvalue weighted by molar-refractivity contribution is 5.48. The summed E-state index contributed by atoms with van der Waals surface area (Å²) in [6.07, 6.45) is 0. The van der Waals surface area contributed by atoms with Crippen molar-refractivity contribution in [2.75, 3.05) is 11.9 Å². The molecule has 0 aliphatic heterocycles. The summed E-state index contributed by atoms with van der Waals surface area (Å²) in [5.41, 5.74) is 2.93. The summed E-state index contributed by atoms with van der Waals surface area (Å²) in [6.45, 7) is 2.84. The number of aromatic hydroxyl groups is 2. The van der Waals surface area contributed by atoms with Crippen LogP contribution in [-0.4, -0.2) is 16.8 Å². The lowest BCUT2D eigenvalue weighted by atomic mass is 9.76. The van der Waals surface area contributed by atoms with Crippen molar-refractivity contribution in [3.05, 3.63) is 90.0 Å². The number of anilines is 1. The van der Waals surface area contributed by atoms with Crippen LogP contribution in [0.5, 0.6) is 11.5 Å². The molecule has 0 unspecified atom stereocenters. The zero-order chi connectivity index (χ0) is 17.0. The maximum Gasteiger partial charge on any atom is 0.115 e. The van der Waals surface area contributed by atoms with Gasteiger partial charge < -0.3 is 15.5 Å². The Morgan fingerprint density at radius 2 is 1.17 bits per heavy atom. The second kappa shape index (κ2) is 6.67. The van der Waals surface area contributed by atoms with E-state index in [1.807, 2.05) is 54.6 Å². The molecule has 3 N–H and O–H groups in total. The summed E-state index contributed by atoms with van der Waals surface area (Å²) in [6, 6.07) is 24.6. The third-order valence-electron chi connectivity index (χ3n) is 4.43. The fourth-order valence-corrected chi connectivity index (χ4v) is 2.86. The van der Waals surface area contributed by atoms with Crippen molar-refractivity contribution in [3.63, 3.8) is 0 Å². The third-order valence-corrected chi connectivity index (χ3v) is 4.43. The molecule has 0 aliphatic rings. The summed E-state index contributed by atoms with van der Waals surface area (Å²) in [5, 5.41) is 22.7. The second-order valence-electron chi connectivity index (χ2n) is 6.15. The van der Waals surface area contributed by atoms with E-state index in [4.69, 9.17) is 0 Å². The van der Waals surface area contributed by atoms with Crippen molar-refractivity contribution in [2.24, 2.45) is 0 Å². The van der Waals surface area contributed by atoms with Gasteiger partial charge >= 0.3 is 0 Å².